The van der Waals surface area contributed by atoms with E-state index in [1.807, 2.05) is 0 Å². The first-order valence-electron chi connectivity index (χ1n) is 9.03. The minimum absolute atomic E-state index is 0.0634. The Labute approximate surface area is 144 Å². The molecule has 1 saturated heterocycles. The van der Waals surface area contributed by atoms with Crippen molar-refractivity contribution in [1.29, 1.82) is 0 Å². The van der Waals surface area contributed by atoms with Crippen LogP contribution in [-0.2, 0) is 14.2 Å². The Hall–Kier alpha value is -0.120. The van der Waals surface area contributed by atoms with E-state index in [0.717, 1.165) is 6.42 Å². The van der Waals surface area contributed by atoms with Crippen molar-refractivity contribution in [3.8, 4) is 0 Å². The van der Waals surface area contributed by atoms with Crippen molar-refractivity contribution in [3.63, 3.8) is 0 Å². The van der Waals surface area contributed by atoms with Crippen molar-refractivity contribution in [2.24, 2.45) is 22.2 Å². The van der Waals surface area contributed by atoms with Crippen molar-refractivity contribution in [2.45, 2.75) is 87.0 Å². The summed E-state index contributed by atoms with van der Waals surface area (Å²) >= 11 is 0. The molecule has 1 aliphatic heterocycles. The SMILES string of the molecule is COCCOC1[C@H](C(C)(C)C)O[C@H](CC(C)(C)C)[C@@H]1C(C)(C)C. The standard InChI is InChI=1S/C20H40O3/c1-18(2,3)13-14-15(19(4,5)6)16(22-12-11-21-10)17(23-14)20(7,8)9/h14-17H,11-13H2,1-10H3/t14-,15+,16?,17-/m1/s1. The highest BCUT2D eigenvalue weighted by Crippen LogP contribution is 2.48. The molecule has 23 heavy (non-hydrogen) atoms. The monoisotopic (exact) mass is 328 g/mol. The maximum atomic E-state index is 6.62. The Morgan fingerprint density at radius 3 is 1.78 bits per heavy atom. The molecule has 1 heterocycles. The minimum atomic E-state index is 0.0634. The number of rotatable bonds is 5. The maximum absolute atomic E-state index is 6.62. The Bertz CT molecular complexity index is 357. The lowest BCUT2D eigenvalue weighted by Crippen LogP contribution is -2.43. The van der Waals surface area contributed by atoms with Crippen LogP contribution in [0.15, 0.2) is 0 Å². The van der Waals surface area contributed by atoms with E-state index in [-0.39, 0.29) is 34.6 Å². The highest BCUT2D eigenvalue weighted by Gasteiger charge is 2.53. The first-order valence-corrected chi connectivity index (χ1v) is 9.03. The summed E-state index contributed by atoms with van der Waals surface area (Å²) in [5, 5.41) is 0. The van der Waals surface area contributed by atoms with Gasteiger partial charge in [-0.15, -0.1) is 0 Å². The van der Waals surface area contributed by atoms with Gasteiger partial charge in [-0.25, -0.2) is 0 Å². The van der Waals surface area contributed by atoms with Crippen LogP contribution in [0.3, 0.4) is 0 Å². The first kappa shape index (κ1) is 20.9. The van der Waals surface area contributed by atoms with Crippen molar-refractivity contribution in [1.82, 2.24) is 0 Å². The predicted molar refractivity (Wildman–Crippen MR) is 96.7 cm³/mol. The lowest BCUT2D eigenvalue weighted by molar-refractivity contribution is -0.0865. The van der Waals surface area contributed by atoms with Crippen LogP contribution in [0.2, 0.25) is 0 Å². The number of hydrogen-bond acceptors (Lipinski definition) is 3. The smallest absolute Gasteiger partial charge is 0.0900 e. The zero-order valence-corrected chi connectivity index (χ0v) is 17.2. The molecule has 138 valence electrons. The van der Waals surface area contributed by atoms with E-state index in [2.05, 4.69) is 62.3 Å². The van der Waals surface area contributed by atoms with Gasteiger partial charge in [0.15, 0.2) is 0 Å². The van der Waals surface area contributed by atoms with E-state index < -0.39 is 0 Å². The van der Waals surface area contributed by atoms with Crippen molar-refractivity contribution in [3.05, 3.63) is 0 Å². The van der Waals surface area contributed by atoms with Gasteiger partial charge in [0.25, 0.3) is 0 Å². The molecule has 4 atom stereocenters. The molecule has 0 radical (unpaired) electrons. The largest absolute Gasteiger partial charge is 0.382 e. The summed E-state index contributed by atoms with van der Waals surface area (Å²) < 4.78 is 18.1. The fourth-order valence-electron chi connectivity index (χ4n) is 3.73. The van der Waals surface area contributed by atoms with Crippen LogP contribution in [0.25, 0.3) is 0 Å². The number of methoxy groups -OCH3 is 1. The fourth-order valence-corrected chi connectivity index (χ4v) is 3.73. The van der Waals surface area contributed by atoms with Crippen LogP contribution in [-0.4, -0.2) is 38.6 Å². The van der Waals surface area contributed by atoms with Crippen LogP contribution in [0.1, 0.15) is 68.7 Å². The minimum Gasteiger partial charge on any atom is -0.382 e. The fraction of sp³-hybridized carbons (Fsp3) is 1.00. The van der Waals surface area contributed by atoms with Crippen LogP contribution in [0.4, 0.5) is 0 Å². The lowest BCUT2D eigenvalue weighted by atomic mass is 9.69. The number of hydrogen-bond donors (Lipinski definition) is 0. The van der Waals surface area contributed by atoms with Crippen LogP contribution >= 0.6 is 0 Å². The quantitative estimate of drug-likeness (QED) is 0.670. The second kappa shape index (κ2) is 7.41. The number of ether oxygens (including phenoxy) is 3. The third-order valence-corrected chi connectivity index (χ3v) is 4.64. The molecule has 0 aromatic heterocycles. The van der Waals surface area contributed by atoms with Gasteiger partial charge in [0.1, 0.15) is 0 Å². The van der Waals surface area contributed by atoms with Crippen LogP contribution < -0.4 is 0 Å². The van der Waals surface area contributed by atoms with Gasteiger partial charge in [-0.2, -0.15) is 0 Å². The molecule has 0 saturated carbocycles. The van der Waals surface area contributed by atoms with Crippen molar-refractivity contribution >= 4 is 0 Å². The van der Waals surface area contributed by atoms with E-state index in [4.69, 9.17) is 14.2 Å². The summed E-state index contributed by atoms with van der Waals surface area (Å²) in [5.41, 5.74) is 0.458. The molecule has 1 aliphatic rings. The molecule has 0 bridgehead atoms. The summed E-state index contributed by atoms with van der Waals surface area (Å²) in [6.45, 7) is 21.8. The summed E-state index contributed by atoms with van der Waals surface area (Å²) in [6.07, 6.45) is 1.55. The molecule has 0 amide bonds. The molecule has 0 aliphatic carbocycles. The molecule has 0 aromatic carbocycles. The van der Waals surface area contributed by atoms with Gasteiger partial charge >= 0.3 is 0 Å². The second-order valence-corrected chi connectivity index (χ2v) is 10.4. The molecule has 1 rings (SSSR count). The van der Waals surface area contributed by atoms with Gasteiger partial charge in [0.2, 0.25) is 0 Å². The summed E-state index contributed by atoms with van der Waals surface area (Å²) in [6, 6.07) is 0. The van der Waals surface area contributed by atoms with Gasteiger partial charge in [0, 0.05) is 13.0 Å². The molecule has 0 N–H and O–H groups in total. The molecule has 3 nitrogen and oxygen atoms in total. The van der Waals surface area contributed by atoms with E-state index in [1.54, 1.807) is 7.11 Å². The zero-order chi connectivity index (χ0) is 18.1. The molecule has 0 aromatic rings. The van der Waals surface area contributed by atoms with Crippen molar-refractivity contribution in [2.75, 3.05) is 20.3 Å². The average Bonchev–Trinajstić information content (AvgIpc) is 2.65. The topological polar surface area (TPSA) is 27.7 Å². The van der Waals surface area contributed by atoms with E-state index >= 15 is 0 Å². The zero-order valence-electron chi connectivity index (χ0n) is 17.2. The van der Waals surface area contributed by atoms with Gasteiger partial charge in [-0.3, -0.25) is 0 Å². The predicted octanol–water partition coefficient (Wildman–Crippen LogP) is 4.93. The Morgan fingerprint density at radius 1 is 0.826 bits per heavy atom. The second-order valence-electron chi connectivity index (χ2n) is 10.4. The molecule has 1 unspecified atom stereocenters. The molecule has 0 spiro atoms. The Balaban J connectivity index is 3.09. The van der Waals surface area contributed by atoms with Gasteiger partial charge in [0.05, 0.1) is 31.5 Å². The Kier molecular flexibility index (Phi) is 6.74. The average molecular weight is 329 g/mol. The maximum Gasteiger partial charge on any atom is 0.0900 e. The van der Waals surface area contributed by atoms with Gasteiger partial charge in [-0.1, -0.05) is 62.3 Å². The highest BCUT2D eigenvalue weighted by atomic mass is 16.6. The Morgan fingerprint density at radius 2 is 1.39 bits per heavy atom. The normalized spacial score (nSPS) is 30.0. The summed E-state index contributed by atoms with van der Waals surface area (Å²) in [5.74, 6) is 0.391. The molecule has 1 fully saturated rings. The lowest BCUT2D eigenvalue weighted by Gasteiger charge is -2.38. The molecular formula is C20H40O3. The van der Waals surface area contributed by atoms with E-state index in [0.29, 0.717) is 19.1 Å². The highest BCUT2D eigenvalue weighted by molar-refractivity contribution is 5.01. The van der Waals surface area contributed by atoms with Gasteiger partial charge < -0.3 is 14.2 Å². The van der Waals surface area contributed by atoms with Gasteiger partial charge in [-0.05, 0) is 22.7 Å². The van der Waals surface area contributed by atoms with Crippen LogP contribution in [0, 0.1) is 22.2 Å². The van der Waals surface area contributed by atoms with E-state index in [1.165, 1.54) is 0 Å². The molecule has 3 heteroatoms. The molecular weight excluding hydrogens is 288 g/mol. The van der Waals surface area contributed by atoms with E-state index in [9.17, 15) is 0 Å². The summed E-state index contributed by atoms with van der Waals surface area (Å²) in [4.78, 5) is 0. The third kappa shape index (κ3) is 6.03. The first-order chi connectivity index (χ1) is 10.3. The summed E-state index contributed by atoms with van der Waals surface area (Å²) in [7, 11) is 1.72. The van der Waals surface area contributed by atoms with Crippen LogP contribution in [0.5, 0.6) is 0 Å². The third-order valence-electron chi connectivity index (χ3n) is 4.64. The van der Waals surface area contributed by atoms with Crippen molar-refractivity contribution < 1.29 is 14.2 Å².